The Kier molecular flexibility index (Phi) is 5.98. The van der Waals surface area contributed by atoms with Gasteiger partial charge < -0.3 is 8.98 Å². The molecule has 0 amide bonds. The molecule has 51 heavy (non-hydrogen) atoms. The summed E-state index contributed by atoms with van der Waals surface area (Å²) in [6, 6.07) is 58.1. The van der Waals surface area contributed by atoms with Gasteiger partial charge in [0.05, 0.1) is 28.1 Å². The maximum absolute atomic E-state index is 6.32. The summed E-state index contributed by atoms with van der Waals surface area (Å²) in [6.07, 6.45) is 0.694. The summed E-state index contributed by atoms with van der Waals surface area (Å²) >= 11 is 0. The first-order chi connectivity index (χ1) is 25.3. The molecule has 0 fully saturated rings. The molecule has 0 unspecified atom stereocenters. The Morgan fingerprint density at radius 3 is 2.00 bits per heavy atom. The Labute approximate surface area is 293 Å². The van der Waals surface area contributed by atoms with Gasteiger partial charge in [0, 0.05) is 50.2 Å². The van der Waals surface area contributed by atoms with Crippen LogP contribution in [0.1, 0.15) is 11.1 Å². The van der Waals surface area contributed by atoms with Crippen molar-refractivity contribution in [2.75, 3.05) is 0 Å². The minimum atomic E-state index is 0.680. The SMILES string of the molecule is c1ccc(-c2ccc3c4ccc5cc4n(c3c2)-c2ccccc2-c2nc(-c3cccc4oc6ccccc6c34)nc(-c3ccccc3)c2C5)cc1. The lowest BCUT2D eigenvalue weighted by Gasteiger charge is -2.19. The molecule has 0 radical (unpaired) electrons. The quantitative estimate of drug-likeness (QED) is 0.191. The highest BCUT2D eigenvalue weighted by Crippen LogP contribution is 2.44. The van der Waals surface area contributed by atoms with Gasteiger partial charge in [-0.3, -0.25) is 0 Å². The first-order valence-electron chi connectivity index (χ1n) is 17.4. The van der Waals surface area contributed by atoms with Crippen LogP contribution in [0.25, 0.3) is 94.5 Å². The molecule has 4 heteroatoms. The number of furan rings is 1. The summed E-state index contributed by atoms with van der Waals surface area (Å²) in [7, 11) is 0. The van der Waals surface area contributed by atoms with Gasteiger partial charge in [0.25, 0.3) is 0 Å². The van der Waals surface area contributed by atoms with Crippen molar-refractivity contribution in [1.82, 2.24) is 14.5 Å². The number of nitrogens with zero attached hydrogens (tertiary/aromatic N) is 3. The van der Waals surface area contributed by atoms with E-state index in [0.717, 1.165) is 61.3 Å². The van der Waals surface area contributed by atoms with Crippen molar-refractivity contribution >= 4 is 43.7 Å². The van der Waals surface area contributed by atoms with Gasteiger partial charge in [-0.15, -0.1) is 0 Å². The molecule has 3 aromatic heterocycles. The molecule has 0 aliphatic carbocycles. The maximum Gasteiger partial charge on any atom is 0.161 e. The lowest BCUT2D eigenvalue weighted by atomic mass is 9.93. The van der Waals surface area contributed by atoms with Crippen LogP contribution in [0.4, 0.5) is 0 Å². The third-order valence-electron chi connectivity index (χ3n) is 10.4. The molecule has 7 aromatic carbocycles. The van der Waals surface area contributed by atoms with Crippen LogP contribution in [0.2, 0.25) is 0 Å². The summed E-state index contributed by atoms with van der Waals surface area (Å²) in [6.45, 7) is 0. The number of hydrogen-bond acceptors (Lipinski definition) is 3. The first-order valence-corrected chi connectivity index (χ1v) is 17.4. The van der Waals surface area contributed by atoms with Gasteiger partial charge in [0.15, 0.2) is 5.82 Å². The number of aromatic nitrogens is 3. The molecule has 4 nitrogen and oxygen atoms in total. The number of hydrogen-bond donors (Lipinski definition) is 0. The Morgan fingerprint density at radius 2 is 1.14 bits per heavy atom. The van der Waals surface area contributed by atoms with E-state index in [0.29, 0.717) is 12.2 Å². The molecule has 0 spiro atoms. The number of rotatable bonds is 3. The van der Waals surface area contributed by atoms with E-state index in [1.807, 2.05) is 24.3 Å². The zero-order valence-electron chi connectivity index (χ0n) is 27.5. The maximum atomic E-state index is 6.32. The van der Waals surface area contributed by atoms with Crippen molar-refractivity contribution in [1.29, 1.82) is 0 Å². The third-order valence-corrected chi connectivity index (χ3v) is 10.4. The van der Waals surface area contributed by atoms with Crippen LogP contribution in [0, 0.1) is 0 Å². The monoisotopic (exact) mass is 651 g/mol. The van der Waals surface area contributed by atoms with Crippen molar-refractivity contribution in [3.8, 4) is 50.7 Å². The third kappa shape index (κ3) is 4.26. The molecule has 11 rings (SSSR count). The van der Waals surface area contributed by atoms with Gasteiger partial charge in [-0.05, 0) is 47.0 Å². The van der Waals surface area contributed by atoms with Crippen molar-refractivity contribution < 1.29 is 4.42 Å². The average molecular weight is 652 g/mol. The molecule has 0 saturated heterocycles. The van der Waals surface area contributed by atoms with E-state index in [1.165, 1.54) is 38.5 Å². The second-order valence-electron chi connectivity index (χ2n) is 13.3. The number of fused-ring (bicyclic) bond motifs is 11. The molecule has 4 heterocycles. The van der Waals surface area contributed by atoms with Crippen LogP contribution in [0.15, 0.2) is 168 Å². The molecule has 0 atom stereocenters. The van der Waals surface area contributed by atoms with E-state index in [2.05, 4.69) is 144 Å². The molecule has 0 saturated carbocycles. The summed E-state index contributed by atoms with van der Waals surface area (Å²) in [5.74, 6) is 0.680. The highest BCUT2D eigenvalue weighted by molar-refractivity contribution is 6.13. The van der Waals surface area contributed by atoms with E-state index >= 15 is 0 Å². The minimum Gasteiger partial charge on any atom is -0.456 e. The summed E-state index contributed by atoms with van der Waals surface area (Å²) < 4.78 is 8.77. The van der Waals surface area contributed by atoms with Gasteiger partial charge in [-0.25, -0.2) is 9.97 Å². The highest BCUT2D eigenvalue weighted by Gasteiger charge is 2.26. The fourth-order valence-corrected chi connectivity index (χ4v) is 8.11. The fourth-order valence-electron chi connectivity index (χ4n) is 8.11. The molecule has 238 valence electrons. The van der Waals surface area contributed by atoms with Crippen molar-refractivity contribution in [2.45, 2.75) is 6.42 Å². The summed E-state index contributed by atoms with van der Waals surface area (Å²) in [5, 5.41) is 4.56. The largest absolute Gasteiger partial charge is 0.456 e. The topological polar surface area (TPSA) is 43.9 Å². The van der Waals surface area contributed by atoms with Crippen LogP contribution in [-0.4, -0.2) is 14.5 Å². The van der Waals surface area contributed by atoms with Crippen molar-refractivity contribution in [3.05, 3.63) is 175 Å². The first kappa shape index (κ1) is 28.1. The van der Waals surface area contributed by atoms with E-state index in [4.69, 9.17) is 14.4 Å². The van der Waals surface area contributed by atoms with Crippen molar-refractivity contribution in [2.24, 2.45) is 0 Å². The predicted molar refractivity (Wildman–Crippen MR) is 208 cm³/mol. The Hall–Kier alpha value is -6.78. The fraction of sp³-hybridized carbons (Fsp3) is 0.0213. The van der Waals surface area contributed by atoms with Gasteiger partial charge in [-0.2, -0.15) is 0 Å². The Morgan fingerprint density at radius 1 is 0.471 bits per heavy atom. The summed E-state index contributed by atoms with van der Waals surface area (Å²) in [4.78, 5) is 11.0. The second-order valence-corrected chi connectivity index (χ2v) is 13.3. The summed E-state index contributed by atoms with van der Waals surface area (Å²) in [5.41, 5.74) is 14.8. The van der Waals surface area contributed by atoms with Gasteiger partial charge >= 0.3 is 0 Å². The second kappa shape index (κ2) is 10.9. The van der Waals surface area contributed by atoms with Crippen LogP contribution in [0.3, 0.4) is 0 Å². The van der Waals surface area contributed by atoms with Crippen LogP contribution >= 0.6 is 0 Å². The van der Waals surface area contributed by atoms with Crippen LogP contribution in [-0.2, 0) is 6.42 Å². The molecule has 0 N–H and O–H groups in total. The zero-order valence-corrected chi connectivity index (χ0v) is 27.5. The lowest BCUT2D eigenvalue weighted by Crippen LogP contribution is -2.05. The lowest BCUT2D eigenvalue weighted by molar-refractivity contribution is 0.669. The smallest absolute Gasteiger partial charge is 0.161 e. The Bertz CT molecular complexity index is 2990. The van der Waals surface area contributed by atoms with Gasteiger partial charge in [0.2, 0.25) is 0 Å². The van der Waals surface area contributed by atoms with Crippen LogP contribution in [0.5, 0.6) is 0 Å². The molecule has 1 aliphatic rings. The average Bonchev–Trinajstić information content (AvgIpc) is 3.74. The van der Waals surface area contributed by atoms with Gasteiger partial charge in [0.1, 0.15) is 11.2 Å². The Balaban J connectivity index is 1.25. The van der Waals surface area contributed by atoms with Crippen molar-refractivity contribution in [3.63, 3.8) is 0 Å². The molecule has 2 bridgehead atoms. The molecule has 10 aromatic rings. The highest BCUT2D eigenvalue weighted by atomic mass is 16.3. The number of para-hydroxylation sites is 2. The normalized spacial score (nSPS) is 12.2. The van der Waals surface area contributed by atoms with E-state index in [-0.39, 0.29) is 0 Å². The molecular formula is C47H29N3O. The standard InChI is InChI=1S/C47H29N3O/c1-3-12-30(13-4-1)32-23-25-34-33-24-22-29-26-38-45(31-14-5-2-6-15-31)48-47(37-18-11-21-43-44(37)36-17-8-10-20-42(36)51-43)49-46(38)35-16-7-9-19-39(35)50(40(33)27-29)41(34)28-32/h1-25,27-28H,26H2. The van der Waals surface area contributed by atoms with E-state index in [9.17, 15) is 0 Å². The van der Waals surface area contributed by atoms with E-state index < -0.39 is 0 Å². The molecule has 1 aliphatic heterocycles. The molecular weight excluding hydrogens is 623 g/mol. The van der Waals surface area contributed by atoms with Gasteiger partial charge in [-0.1, -0.05) is 133 Å². The predicted octanol–water partition coefficient (Wildman–Crippen LogP) is 12.0. The zero-order chi connectivity index (χ0) is 33.5. The number of benzene rings is 7. The van der Waals surface area contributed by atoms with Crippen LogP contribution < -0.4 is 0 Å². The van der Waals surface area contributed by atoms with E-state index in [1.54, 1.807) is 0 Å². The minimum absolute atomic E-state index is 0.680.